The lowest BCUT2D eigenvalue weighted by Gasteiger charge is -2.02. The Kier molecular flexibility index (Phi) is 3.01. The molecule has 1 N–H and O–H groups in total. The van der Waals surface area contributed by atoms with Gasteiger partial charge in [0, 0.05) is 17.8 Å². The molecular weight excluding hydrogens is 236 g/mol. The van der Waals surface area contributed by atoms with Crippen molar-refractivity contribution in [2.24, 2.45) is 0 Å². The van der Waals surface area contributed by atoms with Gasteiger partial charge in [-0.05, 0) is 19.9 Å². The van der Waals surface area contributed by atoms with Gasteiger partial charge in [-0.1, -0.05) is 5.16 Å². The largest absolute Gasteiger partial charge is 0.477 e. The molecule has 0 aliphatic rings. The molecule has 2 heterocycles. The summed E-state index contributed by atoms with van der Waals surface area (Å²) in [5.74, 6) is -0.601. The summed E-state index contributed by atoms with van der Waals surface area (Å²) in [5, 5.41) is 12.9. The summed E-state index contributed by atoms with van der Waals surface area (Å²) < 4.78 is 6.38. The van der Waals surface area contributed by atoms with Crippen molar-refractivity contribution in [1.82, 2.24) is 9.72 Å². The SMILES string of the molecule is CC(=O)c1cc(C(=O)O)n(Cc2cc(C)on2)c1. The first kappa shape index (κ1) is 12.1. The molecule has 2 aromatic heterocycles. The maximum absolute atomic E-state index is 11.2. The number of hydrogen-bond acceptors (Lipinski definition) is 4. The highest BCUT2D eigenvalue weighted by molar-refractivity contribution is 5.97. The molecule has 0 saturated carbocycles. The highest BCUT2D eigenvalue weighted by atomic mass is 16.5. The van der Waals surface area contributed by atoms with E-state index >= 15 is 0 Å². The average molecular weight is 248 g/mol. The summed E-state index contributed by atoms with van der Waals surface area (Å²) >= 11 is 0. The predicted molar refractivity (Wildman–Crippen MR) is 61.7 cm³/mol. The molecule has 0 atom stereocenters. The van der Waals surface area contributed by atoms with Gasteiger partial charge in [0.15, 0.2) is 5.78 Å². The van der Waals surface area contributed by atoms with Crippen LogP contribution in [0.25, 0.3) is 0 Å². The maximum atomic E-state index is 11.2. The topological polar surface area (TPSA) is 85.3 Å². The van der Waals surface area contributed by atoms with Gasteiger partial charge in [0.2, 0.25) is 0 Å². The average Bonchev–Trinajstić information content (AvgIpc) is 2.85. The zero-order chi connectivity index (χ0) is 13.3. The number of carboxylic acid groups (broad SMARTS) is 1. The highest BCUT2D eigenvalue weighted by Gasteiger charge is 2.15. The van der Waals surface area contributed by atoms with E-state index in [9.17, 15) is 9.59 Å². The number of aromatic carboxylic acids is 1. The number of rotatable bonds is 4. The van der Waals surface area contributed by atoms with Gasteiger partial charge in [-0.15, -0.1) is 0 Å². The molecule has 18 heavy (non-hydrogen) atoms. The van der Waals surface area contributed by atoms with E-state index < -0.39 is 5.97 Å². The van der Waals surface area contributed by atoms with Crippen molar-refractivity contribution < 1.29 is 19.2 Å². The molecule has 6 nitrogen and oxygen atoms in total. The number of aryl methyl sites for hydroxylation is 1. The molecule has 0 aliphatic heterocycles. The second-order valence-corrected chi connectivity index (χ2v) is 4.03. The minimum atomic E-state index is -1.08. The zero-order valence-electron chi connectivity index (χ0n) is 10.0. The van der Waals surface area contributed by atoms with E-state index in [2.05, 4.69) is 5.16 Å². The number of aromatic nitrogens is 2. The second kappa shape index (κ2) is 4.48. The number of carbonyl (C=O) groups is 2. The van der Waals surface area contributed by atoms with Crippen molar-refractivity contribution in [3.63, 3.8) is 0 Å². The Morgan fingerprint density at radius 3 is 2.67 bits per heavy atom. The number of carbonyl (C=O) groups excluding carboxylic acids is 1. The van der Waals surface area contributed by atoms with E-state index in [4.69, 9.17) is 9.63 Å². The van der Waals surface area contributed by atoms with Gasteiger partial charge in [0.1, 0.15) is 17.1 Å². The maximum Gasteiger partial charge on any atom is 0.352 e. The third-order valence-electron chi connectivity index (χ3n) is 2.53. The van der Waals surface area contributed by atoms with Crippen LogP contribution in [0, 0.1) is 6.92 Å². The Morgan fingerprint density at radius 2 is 2.17 bits per heavy atom. The third-order valence-corrected chi connectivity index (χ3v) is 2.53. The van der Waals surface area contributed by atoms with Gasteiger partial charge >= 0.3 is 5.97 Å². The molecule has 0 spiro atoms. The summed E-state index contributed by atoms with van der Waals surface area (Å²) in [6.07, 6.45) is 1.51. The fourth-order valence-corrected chi connectivity index (χ4v) is 1.68. The summed E-state index contributed by atoms with van der Waals surface area (Å²) in [6.45, 7) is 3.41. The van der Waals surface area contributed by atoms with Gasteiger partial charge in [0.25, 0.3) is 0 Å². The Morgan fingerprint density at radius 1 is 1.44 bits per heavy atom. The molecule has 0 fully saturated rings. The molecule has 0 unspecified atom stereocenters. The van der Waals surface area contributed by atoms with Gasteiger partial charge in [-0.3, -0.25) is 4.79 Å². The van der Waals surface area contributed by atoms with E-state index in [-0.39, 0.29) is 18.0 Å². The molecule has 0 bridgehead atoms. The van der Waals surface area contributed by atoms with Crippen molar-refractivity contribution in [1.29, 1.82) is 0 Å². The smallest absolute Gasteiger partial charge is 0.352 e. The Balaban J connectivity index is 2.36. The van der Waals surface area contributed by atoms with Gasteiger partial charge in [0.05, 0.1) is 6.54 Å². The molecule has 94 valence electrons. The van der Waals surface area contributed by atoms with Crippen molar-refractivity contribution in [3.05, 3.63) is 41.0 Å². The van der Waals surface area contributed by atoms with Crippen LogP contribution in [0.3, 0.4) is 0 Å². The first-order chi connectivity index (χ1) is 8.47. The van der Waals surface area contributed by atoms with Crippen LogP contribution in [-0.4, -0.2) is 26.6 Å². The Hall–Kier alpha value is -2.37. The van der Waals surface area contributed by atoms with Crippen LogP contribution in [0.1, 0.15) is 39.2 Å². The molecule has 6 heteroatoms. The predicted octanol–water partition coefficient (Wildman–Crippen LogP) is 1.73. The van der Waals surface area contributed by atoms with Crippen molar-refractivity contribution in [3.8, 4) is 0 Å². The molecular formula is C12H12N2O4. The van der Waals surface area contributed by atoms with Gasteiger partial charge in [-0.2, -0.15) is 0 Å². The van der Waals surface area contributed by atoms with E-state index in [1.807, 2.05) is 0 Å². The highest BCUT2D eigenvalue weighted by Crippen LogP contribution is 2.13. The molecule has 0 amide bonds. The molecule has 0 aromatic carbocycles. The second-order valence-electron chi connectivity index (χ2n) is 4.03. The zero-order valence-corrected chi connectivity index (χ0v) is 10.0. The number of carboxylic acids is 1. The lowest BCUT2D eigenvalue weighted by Crippen LogP contribution is -2.08. The molecule has 2 rings (SSSR count). The van der Waals surface area contributed by atoms with Crippen LogP contribution in [0.4, 0.5) is 0 Å². The molecule has 0 radical (unpaired) electrons. The quantitative estimate of drug-likeness (QED) is 0.833. The number of Topliss-reactive ketones (excluding diaryl/α,β-unsaturated/α-hetero) is 1. The minimum Gasteiger partial charge on any atom is -0.477 e. The fraction of sp³-hybridized carbons (Fsp3) is 0.250. The van der Waals surface area contributed by atoms with Crippen LogP contribution in [0.15, 0.2) is 22.9 Å². The lowest BCUT2D eigenvalue weighted by molar-refractivity contribution is 0.0685. The summed E-state index contributed by atoms with van der Waals surface area (Å²) in [6, 6.07) is 3.08. The monoisotopic (exact) mass is 248 g/mol. The van der Waals surface area contributed by atoms with E-state index in [1.165, 1.54) is 23.8 Å². The van der Waals surface area contributed by atoms with Crippen molar-refractivity contribution in [2.45, 2.75) is 20.4 Å². The molecule has 0 saturated heterocycles. The van der Waals surface area contributed by atoms with E-state index in [1.54, 1.807) is 13.0 Å². The Labute approximate surface area is 103 Å². The fourth-order valence-electron chi connectivity index (χ4n) is 1.68. The van der Waals surface area contributed by atoms with Crippen molar-refractivity contribution in [2.75, 3.05) is 0 Å². The molecule has 0 aliphatic carbocycles. The first-order valence-electron chi connectivity index (χ1n) is 5.34. The van der Waals surface area contributed by atoms with Crippen LogP contribution in [0.2, 0.25) is 0 Å². The van der Waals surface area contributed by atoms with Crippen LogP contribution < -0.4 is 0 Å². The standard InChI is InChI=1S/C12H12N2O4/c1-7-3-10(13-18-7)6-14-5-9(8(2)15)4-11(14)12(16)17/h3-5H,6H2,1-2H3,(H,16,17). The first-order valence-corrected chi connectivity index (χ1v) is 5.34. The van der Waals surface area contributed by atoms with E-state index in [0.717, 1.165) is 0 Å². The number of hydrogen-bond donors (Lipinski definition) is 1. The van der Waals surface area contributed by atoms with Gasteiger partial charge < -0.3 is 14.2 Å². The minimum absolute atomic E-state index is 0.0563. The normalized spacial score (nSPS) is 10.6. The third kappa shape index (κ3) is 2.32. The summed E-state index contributed by atoms with van der Waals surface area (Å²) in [5.41, 5.74) is 1.04. The summed E-state index contributed by atoms with van der Waals surface area (Å²) in [4.78, 5) is 22.3. The van der Waals surface area contributed by atoms with Crippen LogP contribution in [0.5, 0.6) is 0 Å². The van der Waals surface area contributed by atoms with E-state index in [0.29, 0.717) is 17.0 Å². The number of ketones is 1. The summed E-state index contributed by atoms with van der Waals surface area (Å²) in [7, 11) is 0. The Bertz CT molecular complexity index is 609. The molecule has 2 aromatic rings. The van der Waals surface area contributed by atoms with Gasteiger partial charge in [-0.25, -0.2) is 4.79 Å². The number of nitrogens with zero attached hydrogens (tertiary/aromatic N) is 2. The van der Waals surface area contributed by atoms with Crippen molar-refractivity contribution >= 4 is 11.8 Å². The van der Waals surface area contributed by atoms with Crippen LogP contribution in [-0.2, 0) is 6.54 Å². The lowest BCUT2D eigenvalue weighted by atomic mass is 10.2. The van der Waals surface area contributed by atoms with Crippen LogP contribution >= 0.6 is 0 Å².